The first kappa shape index (κ1) is 16.7. The SMILES string of the molecule is CCOC(=O)/C([O-])=C/C(=O)c1cncc(Cl)c1.[Li+]. The molecular weight excluding hydrogens is 253 g/mol. The number of halogens is 1. The molecule has 0 saturated heterocycles. The summed E-state index contributed by atoms with van der Waals surface area (Å²) in [6.07, 6.45) is 3.26. The predicted molar refractivity (Wildman–Crippen MR) is 58.3 cm³/mol. The van der Waals surface area contributed by atoms with Crippen LogP contribution in [0.4, 0.5) is 0 Å². The number of allylic oxidation sites excluding steroid dienone is 1. The molecule has 0 unspecified atom stereocenters. The van der Waals surface area contributed by atoms with Crippen molar-refractivity contribution in [2.75, 3.05) is 6.61 Å². The molecule has 5 nitrogen and oxygen atoms in total. The van der Waals surface area contributed by atoms with Crippen molar-refractivity contribution >= 4 is 23.4 Å². The van der Waals surface area contributed by atoms with Gasteiger partial charge in [-0.15, -0.1) is 0 Å². The Morgan fingerprint density at radius 1 is 1.50 bits per heavy atom. The third-order valence-corrected chi connectivity index (χ3v) is 1.93. The van der Waals surface area contributed by atoms with E-state index < -0.39 is 17.5 Å². The first-order valence-electron chi connectivity index (χ1n) is 4.75. The van der Waals surface area contributed by atoms with Crippen molar-refractivity contribution in [2.45, 2.75) is 6.92 Å². The molecule has 0 N–H and O–H groups in total. The first-order chi connectivity index (χ1) is 8.04. The average molecular weight is 262 g/mol. The van der Waals surface area contributed by atoms with Crippen LogP contribution in [-0.4, -0.2) is 23.3 Å². The Hall–Kier alpha value is -1.28. The summed E-state index contributed by atoms with van der Waals surface area (Å²) in [6.45, 7) is 1.64. The maximum Gasteiger partial charge on any atom is 1.00 e. The molecule has 1 heterocycles. The molecule has 0 atom stereocenters. The minimum Gasteiger partial charge on any atom is -0.867 e. The summed E-state index contributed by atoms with van der Waals surface area (Å²) in [4.78, 5) is 26.2. The molecule has 0 fully saturated rings. The van der Waals surface area contributed by atoms with E-state index in [0.29, 0.717) is 6.08 Å². The van der Waals surface area contributed by atoms with Gasteiger partial charge in [0.1, 0.15) is 0 Å². The van der Waals surface area contributed by atoms with Gasteiger partial charge in [-0.1, -0.05) is 11.6 Å². The molecule has 0 aliphatic rings. The molecule has 7 heteroatoms. The number of esters is 1. The van der Waals surface area contributed by atoms with E-state index in [-0.39, 0.29) is 36.1 Å². The monoisotopic (exact) mass is 261 g/mol. The maximum absolute atomic E-state index is 11.5. The van der Waals surface area contributed by atoms with Crippen molar-refractivity contribution in [1.29, 1.82) is 0 Å². The Bertz CT molecular complexity index is 476. The predicted octanol–water partition coefficient (Wildman–Crippen LogP) is -2.27. The summed E-state index contributed by atoms with van der Waals surface area (Å²) in [7, 11) is 0. The Morgan fingerprint density at radius 3 is 2.72 bits per heavy atom. The second kappa shape index (κ2) is 7.93. The van der Waals surface area contributed by atoms with Gasteiger partial charge in [0.05, 0.1) is 11.6 Å². The molecule has 0 amide bonds. The Kier molecular flexibility index (Phi) is 7.37. The number of nitrogens with zero attached hydrogens (tertiary/aromatic N) is 1. The van der Waals surface area contributed by atoms with E-state index in [1.807, 2.05) is 0 Å². The Morgan fingerprint density at radius 2 is 2.17 bits per heavy atom. The van der Waals surface area contributed by atoms with Crippen LogP contribution in [0, 0.1) is 0 Å². The summed E-state index contributed by atoms with van der Waals surface area (Å²) < 4.78 is 4.45. The quantitative estimate of drug-likeness (QED) is 0.201. The number of ketones is 1. The largest absolute Gasteiger partial charge is 1.00 e. The summed E-state index contributed by atoms with van der Waals surface area (Å²) in [5.41, 5.74) is 0.134. The second-order valence-corrected chi connectivity index (χ2v) is 3.42. The van der Waals surface area contributed by atoms with E-state index in [2.05, 4.69) is 9.72 Å². The average Bonchev–Trinajstić information content (AvgIpc) is 2.29. The van der Waals surface area contributed by atoms with Gasteiger partial charge in [0.25, 0.3) is 0 Å². The molecule has 0 aromatic carbocycles. The molecule has 1 rings (SSSR count). The summed E-state index contributed by atoms with van der Waals surface area (Å²) in [5, 5.41) is 11.5. The van der Waals surface area contributed by atoms with Crippen LogP contribution in [0.2, 0.25) is 5.02 Å². The van der Waals surface area contributed by atoms with E-state index in [1.165, 1.54) is 18.5 Å². The van der Waals surface area contributed by atoms with Gasteiger partial charge in [-0.05, 0) is 24.8 Å². The fourth-order valence-electron chi connectivity index (χ4n) is 1.01. The van der Waals surface area contributed by atoms with E-state index in [0.717, 1.165) is 0 Å². The van der Waals surface area contributed by atoms with Crippen LogP contribution in [0.5, 0.6) is 0 Å². The van der Waals surface area contributed by atoms with E-state index >= 15 is 0 Å². The zero-order valence-electron chi connectivity index (χ0n) is 9.97. The van der Waals surface area contributed by atoms with Gasteiger partial charge in [-0.3, -0.25) is 9.78 Å². The zero-order chi connectivity index (χ0) is 12.8. The van der Waals surface area contributed by atoms with Gasteiger partial charge in [0, 0.05) is 18.0 Å². The second-order valence-electron chi connectivity index (χ2n) is 2.99. The van der Waals surface area contributed by atoms with Gasteiger partial charge < -0.3 is 9.84 Å². The van der Waals surface area contributed by atoms with E-state index in [1.54, 1.807) is 6.92 Å². The summed E-state index contributed by atoms with van der Waals surface area (Å²) >= 11 is 5.63. The number of ether oxygens (including phenoxy) is 1. The standard InChI is InChI=1S/C11H10ClNO4.Li/c1-2-17-11(16)10(15)4-9(14)7-3-8(12)6-13-5-7;/h3-6,15H,2H2,1H3;/q;+1/p-1/b10-4-;. The van der Waals surface area contributed by atoms with Gasteiger partial charge in [0.15, 0.2) is 5.78 Å². The van der Waals surface area contributed by atoms with Crippen molar-refractivity contribution < 1.29 is 38.3 Å². The molecule has 1 aromatic heterocycles. The van der Waals surface area contributed by atoms with E-state index in [9.17, 15) is 14.7 Å². The molecular formula is C11H9ClLiNO4. The van der Waals surface area contributed by atoms with Gasteiger partial charge in [-0.2, -0.15) is 0 Å². The first-order valence-corrected chi connectivity index (χ1v) is 5.13. The normalized spacial score (nSPS) is 10.4. The molecule has 0 bridgehead atoms. The van der Waals surface area contributed by atoms with Crippen molar-refractivity contribution in [3.05, 3.63) is 40.9 Å². The maximum atomic E-state index is 11.5. The number of hydrogen-bond acceptors (Lipinski definition) is 5. The van der Waals surface area contributed by atoms with Crippen LogP contribution in [0.25, 0.3) is 0 Å². The number of pyridine rings is 1. The Balaban J connectivity index is 0.00000289. The summed E-state index contributed by atoms with van der Waals surface area (Å²) in [6, 6.07) is 1.35. The topological polar surface area (TPSA) is 79.3 Å². The van der Waals surface area contributed by atoms with Crippen LogP contribution in [-0.2, 0) is 9.53 Å². The van der Waals surface area contributed by atoms with E-state index in [4.69, 9.17) is 11.6 Å². The molecule has 0 aliphatic heterocycles. The molecule has 0 aliphatic carbocycles. The van der Waals surface area contributed by atoms with Crippen LogP contribution >= 0.6 is 11.6 Å². The van der Waals surface area contributed by atoms with Crippen LogP contribution in [0.3, 0.4) is 0 Å². The smallest absolute Gasteiger partial charge is 0.867 e. The molecule has 1 aromatic rings. The number of aromatic nitrogens is 1. The van der Waals surface area contributed by atoms with Crippen molar-refractivity contribution in [3.8, 4) is 0 Å². The Labute approximate surface area is 121 Å². The van der Waals surface area contributed by atoms with Gasteiger partial charge >= 0.3 is 24.8 Å². The third-order valence-electron chi connectivity index (χ3n) is 1.73. The minimum absolute atomic E-state index is 0. The van der Waals surface area contributed by atoms with Crippen LogP contribution < -0.4 is 24.0 Å². The number of hydrogen-bond donors (Lipinski definition) is 0. The molecule has 0 saturated carbocycles. The number of rotatable bonds is 4. The third kappa shape index (κ3) is 4.92. The van der Waals surface area contributed by atoms with Crippen molar-refractivity contribution in [1.82, 2.24) is 4.98 Å². The molecule has 18 heavy (non-hydrogen) atoms. The summed E-state index contributed by atoms with van der Waals surface area (Å²) in [5.74, 6) is -2.70. The van der Waals surface area contributed by atoms with Crippen LogP contribution in [0.15, 0.2) is 30.3 Å². The molecule has 90 valence electrons. The molecule has 0 spiro atoms. The van der Waals surface area contributed by atoms with Gasteiger partial charge in [0.2, 0.25) is 0 Å². The van der Waals surface area contributed by atoms with Crippen LogP contribution in [0.1, 0.15) is 17.3 Å². The fourth-order valence-corrected chi connectivity index (χ4v) is 1.18. The van der Waals surface area contributed by atoms with Gasteiger partial charge in [-0.25, -0.2) is 4.79 Å². The zero-order valence-corrected chi connectivity index (χ0v) is 10.7. The number of carbonyl (C=O) groups is 2. The minimum atomic E-state index is -1.06. The van der Waals surface area contributed by atoms with Crippen molar-refractivity contribution in [3.63, 3.8) is 0 Å². The fraction of sp³-hybridized carbons (Fsp3) is 0.182. The molecule has 0 radical (unpaired) electrons. The number of carbonyl (C=O) groups excluding carboxylic acids is 2. The van der Waals surface area contributed by atoms with Crippen molar-refractivity contribution in [2.24, 2.45) is 0 Å².